The van der Waals surface area contributed by atoms with Crippen LogP contribution >= 0.6 is 31.9 Å². The van der Waals surface area contributed by atoms with Crippen molar-refractivity contribution in [2.24, 2.45) is 0 Å². The maximum Gasteiger partial charge on any atom is 0.0629 e. The number of benzene rings is 5. The third-order valence-electron chi connectivity index (χ3n) is 4.54. The van der Waals surface area contributed by atoms with Crippen LogP contribution in [-0.4, -0.2) is 0 Å². The van der Waals surface area contributed by atoms with Gasteiger partial charge in [0, 0.05) is 8.95 Å². The highest BCUT2D eigenvalue weighted by Crippen LogP contribution is 2.44. The summed E-state index contributed by atoms with van der Waals surface area (Å²) in [6.45, 7) is 0. The first-order chi connectivity index (χ1) is 17.9. The average molecular weight is 498 g/mol. The summed E-state index contributed by atoms with van der Waals surface area (Å²) in [4.78, 5) is 0. The molecule has 0 saturated heterocycles. The van der Waals surface area contributed by atoms with E-state index in [0.717, 1.165) is 0 Å². The normalized spacial score (nSPS) is 16.2. The highest BCUT2D eigenvalue weighted by molar-refractivity contribution is 9.10. The van der Waals surface area contributed by atoms with Crippen LogP contribution in [0.2, 0.25) is 0 Å². The fraction of sp³-hybridized carbons (Fsp3) is 0. The van der Waals surface area contributed by atoms with Crippen LogP contribution in [0, 0.1) is 0 Å². The van der Waals surface area contributed by atoms with Crippen molar-refractivity contribution in [3.05, 3.63) is 106 Å². The summed E-state index contributed by atoms with van der Waals surface area (Å²) < 4.78 is 85.0. The fourth-order valence-electron chi connectivity index (χ4n) is 3.46. The van der Waals surface area contributed by atoms with Crippen LogP contribution in [0.5, 0.6) is 0 Å². The molecule has 0 heterocycles. The minimum atomic E-state index is -0.503. The Bertz CT molecular complexity index is 1660. The standard InChI is InChI=1S/C26H16Br2/c27-19-12-14-22-23(15-19)25(17-7-3-1-4-8-17)21-13-11-20(28)16-24(21)26(22)18-9-5-2-6-10-18/h1-16H/i1D,2D,3D,4D,5D,6D,7D,8D,9D,10D. The van der Waals surface area contributed by atoms with Gasteiger partial charge in [-0.2, -0.15) is 0 Å². The second kappa shape index (κ2) is 7.20. The first kappa shape index (κ1) is 9.87. The van der Waals surface area contributed by atoms with Gasteiger partial charge in [-0.05, 0) is 68.1 Å². The number of hydrogen-bond donors (Lipinski definition) is 0. The molecule has 0 aliphatic carbocycles. The molecule has 0 aliphatic heterocycles. The van der Waals surface area contributed by atoms with Gasteiger partial charge in [0.15, 0.2) is 0 Å². The van der Waals surface area contributed by atoms with Gasteiger partial charge in [-0.25, -0.2) is 0 Å². The van der Waals surface area contributed by atoms with Crippen molar-refractivity contribution in [1.82, 2.24) is 0 Å². The molecule has 28 heavy (non-hydrogen) atoms. The van der Waals surface area contributed by atoms with Crippen LogP contribution in [0.25, 0.3) is 43.8 Å². The highest BCUT2D eigenvalue weighted by atomic mass is 79.9. The van der Waals surface area contributed by atoms with E-state index in [1.54, 1.807) is 36.4 Å². The van der Waals surface area contributed by atoms with Gasteiger partial charge in [-0.3, -0.25) is 0 Å². The largest absolute Gasteiger partial charge is 0.0629 e. The molecular formula is C26H16Br2. The summed E-state index contributed by atoms with van der Waals surface area (Å²) in [6, 6.07) is 6.10. The summed E-state index contributed by atoms with van der Waals surface area (Å²) in [5.74, 6) is 0. The van der Waals surface area contributed by atoms with Crippen LogP contribution in [0.1, 0.15) is 13.7 Å². The molecule has 5 rings (SSSR count). The molecule has 0 amide bonds. The first-order valence-corrected chi connectivity index (χ1v) is 9.94. The van der Waals surface area contributed by atoms with E-state index in [-0.39, 0.29) is 35.3 Å². The van der Waals surface area contributed by atoms with E-state index in [0.29, 0.717) is 41.6 Å². The lowest BCUT2D eigenvalue weighted by Gasteiger charge is -2.18. The molecule has 0 aliphatic rings. The molecule has 0 N–H and O–H groups in total. The molecule has 5 aromatic carbocycles. The molecule has 134 valence electrons. The van der Waals surface area contributed by atoms with Crippen molar-refractivity contribution in [3.8, 4) is 22.3 Å². The molecule has 0 bridgehead atoms. The third-order valence-corrected chi connectivity index (χ3v) is 5.53. The second-order valence-electron chi connectivity index (χ2n) is 6.13. The van der Waals surface area contributed by atoms with Gasteiger partial charge in [0.25, 0.3) is 0 Å². The van der Waals surface area contributed by atoms with Gasteiger partial charge in [0.05, 0.1) is 13.7 Å². The summed E-state index contributed by atoms with van der Waals surface area (Å²) in [7, 11) is 0. The molecule has 0 radical (unpaired) electrons. The Labute approximate surface area is 195 Å². The zero-order chi connectivity index (χ0) is 27.8. The lowest BCUT2D eigenvalue weighted by molar-refractivity contribution is 1.63. The van der Waals surface area contributed by atoms with E-state index in [2.05, 4.69) is 31.9 Å². The highest BCUT2D eigenvalue weighted by Gasteiger charge is 2.17. The van der Waals surface area contributed by atoms with Gasteiger partial charge < -0.3 is 0 Å². The molecule has 5 aromatic rings. The van der Waals surface area contributed by atoms with E-state index in [1.165, 1.54) is 0 Å². The molecule has 0 spiro atoms. The average Bonchev–Trinajstić information content (AvgIpc) is 2.89. The maximum absolute atomic E-state index is 8.66. The molecule has 0 unspecified atom stereocenters. The number of rotatable bonds is 2. The molecule has 2 heteroatoms. The second-order valence-corrected chi connectivity index (χ2v) is 7.96. The topological polar surface area (TPSA) is 0 Å². The number of halogens is 2. The van der Waals surface area contributed by atoms with E-state index in [1.807, 2.05) is 0 Å². The van der Waals surface area contributed by atoms with Crippen LogP contribution < -0.4 is 0 Å². The predicted octanol–water partition coefficient (Wildman–Crippen LogP) is 8.85. The lowest BCUT2D eigenvalue weighted by atomic mass is 9.86. The molecule has 0 atom stereocenters. The number of fused-ring (bicyclic) bond motifs is 2. The first-order valence-electron chi connectivity index (χ1n) is 13.4. The zero-order valence-electron chi connectivity index (χ0n) is 24.2. The quantitative estimate of drug-likeness (QED) is 0.213. The van der Waals surface area contributed by atoms with Gasteiger partial charge in [-0.1, -0.05) is 104 Å². The summed E-state index contributed by atoms with van der Waals surface area (Å²) in [6.07, 6.45) is 0. The summed E-state index contributed by atoms with van der Waals surface area (Å²) >= 11 is 6.94. The molecule has 0 saturated carbocycles. The zero-order valence-corrected chi connectivity index (χ0v) is 17.4. The Kier molecular flexibility index (Phi) is 2.54. The Morgan fingerprint density at radius 1 is 0.500 bits per heavy atom. The minimum absolute atomic E-state index is 0.0130. The Morgan fingerprint density at radius 2 is 0.893 bits per heavy atom. The predicted molar refractivity (Wildman–Crippen MR) is 128 cm³/mol. The van der Waals surface area contributed by atoms with Gasteiger partial charge in [0.1, 0.15) is 0 Å². The number of hydrogen-bond acceptors (Lipinski definition) is 0. The molecule has 0 fully saturated rings. The van der Waals surface area contributed by atoms with Gasteiger partial charge >= 0.3 is 0 Å². The SMILES string of the molecule is [2H]c1c([2H])c([2H])c(-c2c3ccc(Br)cc3c(-c3c([2H])c([2H])c([2H])c([2H])c3[2H])c3ccc(Br)cc23)c([2H])c1[2H]. The summed E-state index contributed by atoms with van der Waals surface area (Å²) in [5.41, 5.74) is 0.798. The van der Waals surface area contributed by atoms with E-state index in [4.69, 9.17) is 13.7 Å². The smallest absolute Gasteiger partial charge is 0.0622 e. The van der Waals surface area contributed by atoms with Crippen molar-refractivity contribution >= 4 is 53.4 Å². The van der Waals surface area contributed by atoms with Crippen molar-refractivity contribution < 1.29 is 13.7 Å². The van der Waals surface area contributed by atoms with Crippen LogP contribution in [0.3, 0.4) is 0 Å². The summed E-state index contributed by atoms with van der Waals surface area (Å²) in [5, 5.41) is 1.99. The Hall–Kier alpha value is -2.42. The third kappa shape index (κ3) is 2.97. The minimum Gasteiger partial charge on any atom is -0.0622 e. The van der Waals surface area contributed by atoms with Crippen molar-refractivity contribution in [1.29, 1.82) is 0 Å². The fourth-order valence-corrected chi connectivity index (χ4v) is 4.18. The van der Waals surface area contributed by atoms with E-state index >= 15 is 0 Å². The molecule has 0 nitrogen and oxygen atoms in total. The molecule has 0 aromatic heterocycles. The Morgan fingerprint density at radius 3 is 1.29 bits per heavy atom. The van der Waals surface area contributed by atoms with Crippen molar-refractivity contribution in [3.63, 3.8) is 0 Å². The lowest BCUT2D eigenvalue weighted by Crippen LogP contribution is -1.91. The van der Waals surface area contributed by atoms with E-state index < -0.39 is 36.3 Å². The van der Waals surface area contributed by atoms with Gasteiger partial charge in [0.2, 0.25) is 0 Å². The monoisotopic (exact) mass is 496 g/mol. The van der Waals surface area contributed by atoms with Crippen LogP contribution in [-0.2, 0) is 0 Å². The Balaban J connectivity index is 2.13. The van der Waals surface area contributed by atoms with Crippen LogP contribution in [0.4, 0.5) is 0 Å². The molecular weight excluding hydrogens is 472 g/mol. The van der Waals surface area contributed by atoms with Crippen molar-refractivity contribution in [2.45, 2.75) is 0 Å². The van der Waals surface area contributed by atoms with Crippen molar-refractivity contribution in [2.75, 3.05) is 0 Å². The van der Waals surface area contributed by atoms with Crippen LogP contribution in [0.15, 0.2) is 106 Å². The van der Waals surface area contributed by atoms with E-state index in [9.17, 15) is 0 Å². The van der Waals surface area contributed by atoms with Gasteiger partial charge in [-0.15, -0.1) is 0 Å². The maximum atomic E-state index is 8.66.